The molecule has 0 spiro atoms. The lowest BCUT2D eigenvalue weighted by atomic mass is 10.1. The number of benzene rings is 2. The highest BCUT2D eigenvalue weighted by Crippen LogP contribution is 2.34. The molecule has 0 aliphatic heterocycles. The summed E-state index contributed by atoms with van der Waals surface area (Å²) >= 11 is 0. The van der Waals surface area contributed by atoms with Crippen molar-refractivity contribution in [3.8, 4) is 0 Å². The first-order valence-electron chi connectivity index (χ1n) is 9.90. The second-order valence-electron chi connectivity index (χ2n) is 7.43. The van der Waals surface area contributed by atoms with Gasteiger partial charge >= 0.3 is 0 Å². The van der Waals surface area contributed by atoms with E-state index in [1.54, 1.807) is 18.3 Å². The molecule has 0 radical (unpaired) electrons. The lowest BCUT2D eigenvalue weighted by molar-refractivity contribution is 0.554. The standard InChI is InChI=1S/C22H26N4O2S/c1-3-16-4-9-19(10-5-16)29(27,28)25-21-11-7-17-6-8-18(14-20(17)21)24-15-22-23-12-13-26(22)2/h4-6,8-10,12-14,21,24-25H,3,7,11,15H2,1-2H3. The lowest BCUT2D eigenvalue weighted by Gasteiger charge is -2.16. The van der Waals surface area contributed by atoms with E-state index in [2.05, 4.69) is 34.1 Å². The summed E-state index contributed by atoms with van der Waals surface area (Å²) in [5.41, 5.74) is 4.33. The number of anilines is 1. The summed E-state index contributed by atoms with van der Waals surface area (Å²) in [5.74, 6) is 0.943. The Bertz CT molecular complexity index is 1100. The van der Waals surface area contributed by atoms with Crippen LogP contribution in [0.5, 0.6) is 0 Å². The van der Waals surface area contributed by atoms with Crippen LogP contribution in [0.25, 0.3) is 0 Å². The zero-order valence-electron chi connectivity index (χ0n) is 16.7. The maximum atomic E-state index is 12.9. The number of nitrogens with one attached hydrogen (secondary N) is 2. The Morgan fingerprint density at radius 1 is 1.17 bits per heavy atom. The average molecular weight is 411 g/mol. The molecule has 0 amide bonds. The van der Waals surface area contributed by atoms with Crippen LogP contribution in [-0.4, -0.2) is 18.0 Å². The summed E-state index contributed by atoms with van der Waals surface area (Å²) in [6.45, 7) is 2.67. The molecule has 0 fully saturated rings. The largest absolute Gasteiger partial charge is 0.378 e. The van der Waals surface area contributed by atoms with Crippen LogP contribution in [0.4, 0.5) is 5.69 Å². The van der Waals surface area contributed by atoms with Crippen molar-refractivity contribution in [1.29, 1.82) is 0 Å². The number of imidazole rings is 1. The van der Waals surface area contributed by atoms with Crippen LogP contribution >= 0.6 is 0 Å². The number of hydrogen-bond donors (Lipinski definition) is 2. The van der Waals surface area contributed by atoms with Crippen LogP contribution in [-0.2, 0) is 36.5 Å². The molecule has 1 heterocycles. The normalized spacial score (nSPS) is 16.0. The third-order valence-electron chi connectivity index (χ3n) is 5.53. The predicted molar refractivity (Wildman–Crippen MR) is 114 cm³/mol. The molecule has 1 aliphatic carbocycles. The van der Waals surface area contributed by atoms with E-state index < -0.39 is 10.0 Å². The Hall–Kier alpha value is -2.64. The Kier molecular flexibility index (Phi) is 5.43. The minimum atomic E-state index is -3.56. The van der Waals surface area contributed by atoms with Gasteiger partial charge in [-0.2, -0.15) is 0 Å². The topological polar surface area (TPSA) is 76.0 Å². The summed E-state index contributed by atoms with van der Waals surface area (Å²) in [6.07, 6.45) is 6.22. The van der Waals surface area contributed by atoms with E-state index in [1.807, 2.05) is 36.0 Å². The van der Waals surface area contributed by atoms with Gasteiger partial charge in [0.2, 0.25) is 10.0 Å². The summed E-state index contributed by atoms with van der Waals surface area (Å²) in [4.78, 5) is 4.63. The average Bonchev–Trinajstić information content (AvgIpc) is 3.32. The Balaban J connectivity index is 1.50. The molecule has 0 saturated heterocycles. The number of fused-ring (bicyclic) bond motifs is 1. The Morgan fingerprint density at radius 3 is 2.66 bits per heavy atom. The van der Waals surface area contributed by atoms with Crippen molar-refractivity contribution in [2.24, 2.45) is 7.05 Å². The first-order chi connectivity index (χ1) is 14.0. The number of aromatic nitrogens is 2. The number of hydrogen-bond acceptors (Lipinski definition) is 4. The summed E-state index contributed by atoms with van der Waals surface area (Å²) in [5, 5.41) is 3.38. The molecule has 1 unspecified atom stereocenters. The van der Waals surface area contributed by atoms with Gasteiger partial charge in [0.1, 0.15) is 5.82 Å². The molecule has 0 bridgehead atoms. The van der Waals surface area contributed by atoms with Crippen LogP contribution < -0.4 is 10.0 Å². The molecular formula is C22H26N4O2S. The zero-order chi connectivity index (χ0) is 20.4. The highest BCUT2D eigenvalue weighted by molar-refractivity contribution is 7.89. The van der Waals surface area contributed by atoms with E-state index in [4.69, 9.17) is 0 Å². The molecule has 1 aliphatic rings. The van der Waals surface area contributed by atoms with Gasteiger partial charge in [0.25, 0.3) is 0 Å². The van der Waals surface area contributed by atoms with Gasteiger partial charge in [0.15, 0.2) is 0 Å². The van der Waals surface area contributed by atoms with E-state index >= 15 is 0 Å². The number of sulfonamides is 1. The van der Waals surface area contributed by atoms with Gasteiger partial charge < -0.3 is 9.88 Å². The molecule has 1 atom stereocenters. The SMILES string of the molecule is CCc1ccc(S(=O)(=O)NC2CCc3ccc(NCc4nccn4C)cc32)cc1. The summed E-state index contributed by atoms with van der Waals surface area (Å²) in [7, 11) is -1.60. The number of aryl methyl sites for hydroxylation is 3. The highest BCUT2D eigenvalue weighted by atomic mass is 32.2. The minimum absolute atomic E-state index is 0.212. The van der Waals surface area contributed by atoms with Gasteiger partial charge in [-0.25, -0.2) is 18.1 Å². The monoisotopic (exact) mass is 410 g/mol. The second-order valence-corrected chi connectivity index (χ2v) is 9.15. The zero-order valence-corrected chi connectivity index (χ0v) is 17.5. The third kappa shape index (κ3) is 4.21. The molecule has 2 aromatic carbocycles. The minimum Gasteiger partial charge on any atom is -0.378 e. The van der Waals surface area contributed by atoms with Crippen molar-refractivity contribution in [3.05, 3.63) is 77.4 Å². The van der Waals surface area contributed by atoms with Crippen molar-refractivity contribution in [2.45, 2.75) is 43.7 Å². The fraction of sp³-hybridized carbons (Fsp3) is 0.318. The van der Waals surface area contributed by atoms with Crippen LogP contribution in [0, 0.1) is 0 Å². The van der Waals surface area contributed by atoms with E-state index in [1.165, 1.54) is 5.56 Å². The maximum Gasteiger partial charge on any atom is 0.241 e. The molecule has 1 aromatic heterocycles. The second kappa shape index (κ2) is 8.00. The first-order valence-corrected chi connectivity index (χ1v) is 11.4. The number of nitrogens with zero attached hydrogens (tertiary/aromatic N) is 2. The van der Waals surface area contributed by atoms with E-state index in [0.717, 1.165) is 41.9 Å². The molecular weight excluding hydrogens is 384 g/mol. The van der Waals surface area contributed by atoms with Gasteiger partial charge in [0, 0.05) is 31.2 Å². The van der Waals surface area contributed by atoms with Crippen LogP contribution in [0.15, 0.2) is 59.8 Å². The molecule has 7 heteroatoms. The summed E-state index contributed by atoms with van der Waals surface area (Å²) < 4.78 is 30.6. The molecule has 4 rings (SSSR count). The molecule has 152 valence electrons. The fourth-order valence-corrected chi connectivity index (χ4v) is 4.99. The van der Waals surface area contributed by atoms with Crippen molar-refractivity contribution in [3.63, 3.8) is 0 Å². The lowest BCUT2D eigenvalue weighted by Crippen LogP contribution is -2.27. The first kappa shape index (κ1) is 19.7. The number of rotatable bonds is 7. The van der Waals surface area contributed by atoms with E-state index in [9.17, 15) is 8.42 Å². The van der Waals surface area contributed by atoms with Crippen LogP contribution in [0.2, 0.25) is 0 Å². The van der Waals surface area contributed by atoms with Crippen LogP contribution in [0.3, 0.4) is 0 Å². The smallest absolute Gasteiger partial charge is 0.241 e. The van der Waals surface area contributed by atoms with Crippen molar-refractivity contribution in [1.82, 2.24) is 14.3 Å². The van der Waals surface area contributed by atoms with Crippen molar-refractivity contribution < 1.29 is 8.42 Å². The quantitative estimate of drug-likeness (QED) is 0.624. The van der Waals surface area contributed by atoms with E-state index in [-0.39, 0.29) is 6.04 Å². The molecule has 2 N–H and O–H groups in total. The molecule has 3 aromatic rings. The predicted octanol–water partition coefficient (Wildman–Crippen LogP) is 3.56. The van der Waals surface area contributed by atoms with Crippen molar-refractivity contribution in [2.75, 3.05) is 5.32 Å². The Morgan fingerprint density at radius 2 is 1.97 bits per heavy atom. The third-order valence-corrected chi connectivity index (χ3v) is 7.02. The molecule has 29 heavy (non-hydrogen) atoms. The van der Waals surface area contributed by atoms with Crippen LogP contribution in [0.1, 0.15) is 41.9 Å². The van der Waals surface area contributed by atoms with E-state index in [0.29, 0.717) is 11.4 Å². The maximum absolute atomic E-state index is 12.9. The van der Waals surface area contributed by atoms with Gasteiger partial charge in [-0.15, -0.1) is 0 Å². The van der Waals surface area contributed by atoms with Gasteiger partial charge in [0.05, 0.1) is 11.4 Å². The fourth-order valence-electron chi connectivity index (χ4n) is 3.74. The summed E-state index contributed by atoms with van der Waals surface area (Å²) in [6, 6.07) is 13.1. The highest BCUT2D eigenvalue weighted by Gasteiger charge is 2.27. The van der Waals surface area contributed by atoms with Crippen molar-refractivity contribution >= 4 is 15.7 Å². The Labute approximate surface area is 172 Å². The molecule has 0 saturated carbocycles. The molecule has 6 nitrogen and oxygen atoms in total. The van der Waals surface area contributed by atoms with Gasteiger partial charge in [-0.3, -0.25) is 0 Å². The van der Waals surface area contributed by atoms with Gasteiger partial charge in [-0.05, 0) is 60.2 Å². The van der Waals surface area contributed by atoms with Gasteiger partial charge in [-0.1, -0.05) is 25.1 Å².